The fourth-order valence-electron chi connectivity index (χ4n) is 3.93. The Morgan fingerprint density at radius 1 is 1.12 bits per heavy atom. The number of halogens is 1. The molecule has 2 aliphatic rings. The fraction of sp³-hybridized carbons (Fsp3) is 0.259. The van der Waals surface area contributed by atoms with Crippen molar-refractivity contribution in [2.45, 2.75) is 45.6 Å². The number of hydrogen-bond donors (Lipinski definition) is 0. The number of amides is 1. The van der Waals surface area contributed by atoms with Gasteiger partial charge in [0.15, 0.2) is 11.3 Å². The zero-order valence-electron chi connectivity index (χ0n) is 19.2. The van der Waals surface area contributed by atoms with Crippen LogP contribution >= 0.6 is 11.6 Å². The first kappa shape index (κ1) is 24.6. The van der Waals surface area contributed by atoms with E-state index in [9.17, 15) is 20.6 Å². The third-order valence-corrected chi connectivity index (χ3v) is 6.12. The second-order valence-electron chi connectivity index (χ2n) is 8.35. The topological polar surface area (TPSA) is 101 Å². The molecule has 1 heterocycles. The quantitative estimate of drug-likeness (QED) is 0.496. The van der Waals surface area contributed by atoms with Crippen LogP contribution in [-0.4, -0.2) is 11.5 Å². The highest BCUT2D eigenvalue weighted by molar-refractivity contribution is 6.32. The monoisotopic (exact) mass is 470 g/mol. The number of hydrogen-bond acceptors (Lipinski definition) is 5. The second kappa shape index (κ2) is 10.3. The van der Waals surface area contributed by atoms with Crippen LogP contribution in [0.3, 0.4) is 0 Å². The average Bonchev–Trinajstić information content (AvgIpc) is 3.08. The third kappa shape index (κ3) is 4.96. The number of carbonyl (C=O) groups is 1. The Bertz CT molecular complexity index is 1280. The van der Waals surface area contributed by atoms with E-state index in [0.717, 1.165) is 36.1 Å². The minimum Gasteiger partial charge on any atom is -0.480 e. The molecule has 0 saturated heterocycles. The van der Waals surface area contributed by atoms with Crippen molar-refractivity contribution in [2.75, 3.05) is 4.90 Å². The highest BCUT2D eigenvalue weighted by atomic mass is 35.5. The standard InChI is InChI=1S/C27H23ClN4O2/c1-18(33)32(22-10-5-4-6-11-22)17-20-9-7-8-19(25(20)28)12-13-24-23(16-31)26(21(14-29)15-30)34-27(24,2)3/h4-6,10-13,17H,7-9H2,1-3H3/b13-12+,20-17?. The van der Waals surface area contributed by atoms with E-state index >= 15 is 0 Å². The van der Waals surface area contributed by atoms with Crippen molar-refractivity contribution < 1.29 is 9.53 Å². The van der Waals surface area contributed by atoms with E-state index in [1.54, 1.807) is 43.2 Å². The Morgan fingerprint density at radius 2 is 1.79 bits per heavy atom. The van der Waals surface area contributed by atoms with Gasteiger partial charge < -0.3 is 4.74 Å². The minimum absolute atomic E-state index is 0.00131. The van der Waals surface area contributed by atoms with Gasteiger partial charge in [0.2, 0.25) is 5.91 Å². The number of para-hydroxylation sites is 1. The summed E-state index contributed by atoms with van der Waals surface area (Å²) < 4.78 is 5.81. The highest BCUT2D eigenvalue weighted by Crippen LogP contribution is 2.41. The maximum atomic E-state index is 12.3. The third-order valence-electron chi connectivity index (χ3n) is 5.63. The predicted octanol–water partition coefficient (Wildman–Crippen LogP) is 6.09. The SMILES string of the molecule is CC(=O)N(C=C1CCCC(/C=C/C2=C(C#N)C(=C(C#N)C#N)OC2(C)C)=C1Cl)c1ccccc1. The van der Waals surface area contributed by atoms with Crippen molar-refractivity contribution in [1.82, 2.24) is 0 Å². The zero-order valence-corrected chi connectivity index (χ0v) is 20.0. The highest BCUT2D eigenvalue weighted by Gasteiger charge is 2.38. The molecule has 1 aromatic carbocycles. The van der Waals surface area contributed by atoms with Gasteiger partial charge in [-0.2, -0.15) is 15.8 Å². The molecule has 0 N–H and O–H groups in total. The van der Waals surface area contributed by atoms with Crippen LogP contribution < -0.4 is 4.90 Å². The summed E-state index contributed by atoms with van der Waals surface area (Å²) in [5.41, 5.74) is 2.07. The molecule has 1 amide bonds. The van der Waals surface area contributed by atoms with Crippen LogP contribution in [0.4, 0.5) is 5.69 Å². The van der Waals surface area contributed by atoms with Gasteiger partial charge in [-0.1, -0.05) is 42.0 Å². The normalized spacial score (nSPS) is 18.4. The van der Waals surface area contributed by atoms with Crippen LogP contribution in [0.5, 0.6) is 0 Å². The summed E-state index contributed by atoms with van der Waals surface area (Å²) in [4.78, 5) is 13.9. The molecular weight excluding hydrogens is 448 g/mol. The molecule has 0 unspecified atom stereocenters. The summed E-state index contributed by atoms with van der Waals surface area (Å²) in [6.07, 6.45) is 7.70. The summed E-state index contributed by atoms with van der Waals surface area (Å²) in [5.74, 6) is -0.119. The molecule has 1 aliphatic heterocycles. The number of rotatable bonds is 4. The molecule has 0 spiro atoms. The maximum Gasteiger partial charge on any atom is 0.227 e. The molecule has 34 heavy (non-hydrogen) atoms. The average molecular weight is 471 g/mol. The largest absolute Gasteiger partial charge is 0.480 e. The van der Waals surface area contributed by atoms with E-state index in [1.807, 2.05) is 36.4 Å². The molecule has 0 atom stereocenters. The van der Waals surface area contributed by atoms with Crippen LogP contribution in [0.1, 0.15) is 40.0 Å². The van der Waals surface area contributed by atoms with Crippen molar-refractivity contribution in [3.05, 3.63) is 87.3 Å². The number of benzene rings is 1. The molecule has 6 nitrogen and oxygen atoms in total. The molecule has 3 rings (SSSR count). The van der Waals surface area contributed by atoms with Crippen LogP contribution in [-0.2, 0) is 9.53 Å². The number of nitrogens with zero attached hydrogens (tertiary/aromatic N) is 4. The predicted molar refractivity (Wildman–Crippen MR) is 130 cm³/mol. The molecule has 0 fully saturated rings. The first-order valence-electron chi connectivity index (χ1n) is 10.7. The van der Waals surface area contributed by atoms with Gasteiger partial charge in [0.25, 0.3) is 0 Å². The molecular formula is C27H23ClN4O2. The lowest BCUT2D eigenvalue weighted by molar-refractivity contribution is -0.116. The Balaban J connectivity index is 2.03. The molecule has 170 valence electrons. The lowest BCUT2D eigenvalue weighted by Gasteiger charge is -2.23. The van der Waals surface area contributed by atoms with Crippen molar-refractivity contribution in [1.29, 1.82) is 15.8 Å². The van der Waals surface area contributed by atoms with Crippen LogP contribution in [0.15, 0.2) is 87.3 Å². The maximum absolute atomic E-state index is 12.3. The van der Waals surface area contributed by atoms with Crippen molar-refractivity contribution >= 4 is 23.2 Å². The number of anilines is 1. The molecule has 0 radical (unpaired) electrons. The molecule has 0 saturated carbocycles. The molecule has 1 aliphatic carbocycles. The zero-order chi connectivity index (χ0) is 24.9. The molecule has 0 aromatic heterocycles. The van der Waals surface area contributed by atoms with Gasteiger partial charge in [-0.15, -0.1) is 0 Å². The molecule has 7 heteroatoms. The van der Waals surface area contributed by atoms with Gasteiger partial charge in [0, 0.05) is 29.4 Å². The first-order valence-corrected chi connectivity index (χ1v) is 11.1. The van der Waals surface area contributed by atoms with E-state index in [-0.39, 0.29) is 22.8 Å². The van der Waals surface area contributed by atoms with Crippen LogP contribution in [0, 0.1) is 34.0 Å². The Kier molecular flexibility index (Phi) is 7.42. The smallest absolute Gasteiger partial charge is 0.227 e. The number of allylic oxidation sites excluding steroid dienone is 6. The van der Waals surface area contributed by atoms with Gasteiger partial charge in [-0.3, -0.25) is 9.69 Å². The minimum atomic E-state index is -0.894. The number of ether oxygens (including phenoxy) is 1. The molecule has 1 aromatic rings. The van der Waals surface area contributed by atoms with Crippen molar-refractivity contribution in [2.24, 2.45) is 0 Å². The van der Waals surface area contributed by atoms with E-state index < -0.39 is 5.60 Å². The van der Waals surface area contributed by atoms with E-state index in [1.165, 1.54) is 6.92 Å². The lowest BCUT2D eigenvalue weighted by Crippen LogP contribution is -2.23. The Hall–Kier alpha value is -4.05. The van der Waals surface area contributed by atoms with Gasteiger partial charge in [-0.25, -0.2) is 0 Å². The summed E-state index contributed by atoms with van der Waals surface area (Å²) in [5, 5.41) is 28.7. The summed E-state index contributed by atoms with van der Waals surface area (Å²) in [7, 11) is 0. The van der Waals surface area contributed by atoms with Gasteiger partial charge in [-0.05, 0) is 56.4 Å². The van der Waals surface area contributed by atoms with Gasteiger partial charge in [0.05, 0.1) is 0 Å². The Labute approximate surface area is 204 Å². The number of nitriles is 3. The van der Waals surface area contributed by atoms with E-state index in [2.05, 4.69) is 6.07 Å². The van der Waals surface area contributed by atoms with Gasteiger partial charge in [0.1, 0.15) is 29.4 Å². The summed E-state index contributed by atoms with van der Waals surface area (Å²) in [6.45, 7) is 5.05. The molecule has 0 bridgehead atoms. The van der Waals surface area contributed by atoms with Crippen molar-refractivity contribution in [3.8, 4) is 18.2 Å². The van der Waals surface area contributed by atoms with Gasteiger partial charge >= 0.3 is 0 Å². The second-order valence-corrected chi connectivity index (χ2v) is 8.72. The number of carbonyl (C=O) groups excluding carboxylic acids is 1. The summed E-state index contributed by atoms with van der Waals surface area (Å²) in [6, 6.07) is 15.0. The van der Waals surface area contributed by atoms with Crippen molar-refractivity contribution in [3.63, 3.8) is 0 Å². The van der Waals surface area contributed by atoms with E-state index in [4.69, 9.17) is 16.3 Å². The van der Waals surface area contributed by atoms with Crippen LogP contribution in [0.25, 0.3) is 0 Å². The lowest BCUT2D eigenvalue weighted by atomic mass is 9.91. The fourth-order valence-corrected chi connectivity index (χ4v) is 4.23. The summed E-state index contributed by atoms with van der Waals surface area (Å²) >= 11 is 6.75. The Morgan fingerprint density at radius 3 is 2.38 bits per heavy atom. The first-order chi connectivity index (χ1) is 16.2. The van der Waals surface area contributed by atoms with E-state index in [0.29, 0.717) is 10.6 Å². The van der Waals surface area contributed by atoms with Crippen LogP contribution in [0.2, 0.25) is 0 Å².